The Balaban J connectivity index is 1.06. The number of aromatic nitrogens is 1. The van der Waals surface area contributed by atoms with E-state index < -0.39 is 0 Å². The molecule has 10 unspecified atom stereocenters. The second-order valence-electron chi connectivity index (χ2n) is 16.3. The lowest BCUT2D eigenvalue weighted by Crippen LogP contribution is -2.44. The lowest BCUT2D eigenvalue weighted by Gasteiger charge is -2.47. The molecule has 250 valence electrons. The molecular formula is C44H59N3. The summed E-state index contributed by atoms with van der Waals surface area (Å²) in [5, 5.41) is 4.34. The van der Waals surface area contributed by atoms with Gasteiger partial charge in [0, 0.05) is 36.5 Å². The highest BCUT2D eigenvalue weighted by atomic mass is 14.9. The molecule has 4 N–H and O–H groups in total. The normalized spacial score (nSPS) is 39.8. The smallest absolute Gasteiger partial charge is 0.0509 e. The standard InChI is InChI=1S/C44H59N3/c45-28-36(37-24-25-46-29-37)19-17-32-20-22-41(40-14-6-5-12-38(32)40)42-23-21-35(34-18-16-30-8-1-2-10-33(30)26-34)27-44(42)47-43-15-7-11-31-9-3-4-13-39(31)43/h1,5,7-8,11-12,15,19-20,22,24-25,27,29-30,32-35,38-43,46-47H,2-4,6,9-10,13-14,16-18,21,23,26,28,45H2/b36-19+/t30?,32?,33?,34?,35?,38?,39?,40?,41?,42?,43-/m0/s1. The molecule has 11 atom stereocenters. The second-order valence-corrected chi connectivity index (χ2v) is 16.3. The molecule has 0 saturated heterocycles. The van der Waals surface area contributed by atoms with Gasteiger partial charge in [-0.05, 0) is 148 Å². The summed E-state index contributed by atoms with van der Waals surface area (Å²) in [6, 6.07) is 2.61. The van der Waals surface area contributed by atoms with E-state index in [2.05, 4.69) is 89.4 Å². The molecule has 0 bridgehead atoms. The van der Waals surface area contributed by atoms with Gasteiger partial charge in [0.1, 0.15) is 0 Å². The molecule has 0 aromatic carbocycles. The predicted octanol–water partition coefficient (Wildman–Crippen LogP) is 10.1. The maximum atomic E-state index is 6.22. The van der Waals surface area contributed by atoms with E-state index in [4.69, 9.17) is 5.73 Å². The van der Waals surface area contributed by atoms with E-state index in [-0.39, 0.29) is 0 Å². The number of fused-ring (bicyclic) bond motifs is 3. The molecule has 1 heterocycles. The van der Waals surface area contributed by atoms with Crippen LogP contribution in [0.4, 0.5) is 0 Å². The van der Waals surface area contributed by atoms with E-state index in [1.54, 1.807) is 11.3 Å². The number of nitrogens with one attached hydrogen (secondary N) is 2. The van der Waals surface area contributed by atoms with Crippen LogP contribution in [-0.2, 0) is 0 Å². The molecule has 8 rings (SSSR count). The summed E-state index contributed by atoms with van der Waals surface area (Å²) in [5.74, 6) is 7.21. The van der Waals surface area contributed by atoms with Gasteiger partial charge in [0.15, 0.2) is 0 Å². The Morgan fingerprint density at radius 1 is 0.851 bits per heavy atom. The number of hydrogen-bond acceptors (Lipinski definition) is 2. The summed E-state index contributed by atoms with van der Waals surface area (Å²) < 4.78 is 0. The van der Waals surface area contributed by atoms with Crippen molar-refractivity contribution in [3.05, 3.63) is 102 Å². The molecule has 1 aromatic heterocycles. The lowest BCUT2D eigenvalue weighted by atomic mass is 9.59. The van der Waals surface area contributed by atoms with Gasteiger partial charge in [-0.3, -0.25) is 0 Å². The van der Waals surface area contributed by atoms with Crippen LogP contribution in [0.15, 0.2) is 96.6 Å². The molecule has 3 heteroatoms. The monoisotopic (exact) mass is 629 g/mol. The fraction of sp³-hybridized carbons (Fsp3) is 0.591. The highest BCUT2D eigenvalue weighted by Gasteiger charge is 2.43. The van der Waals surface area contributed by atoms with Crippen molar-refractivity contribution in [2.75, 3.05) is 6.54 Å². The zero-order valence-electron chi connectivity index (χ0n) is 28.6. The third-order valence-corrected chi connectivity index (χ3v) is 13.9. The largest absolute Gasteiger partial charge is 0.382 e. The molecule has 2 saturated carbocycles. The third kappa shape index (κ3) is 6.63. The SMILES string of the molecule is NC/C(=C\CC1C=CC(C2CCC(C3CCC4C=CCCC4C3)C=C2N[C@H]2C=CC=C3CCCCC32)C2CCC=CC12)c1cc[nH]c1. The van der Waals surface area contributed by atoms with Crippen LogP contribution in [0.1, 0.15) is 95.5 Å². The van der Waals surface area contributed by atoms with Crippen LogP contribution in [0, 0.1) is 59.2 Å². The molecule has 1 aromatic rings. The summed E-state index contributed by atoms with van der Waals surface area (Å²) in [5.41, 5.74) is 12.0. The minimum absolute atomic E-state index is 0.456. The minimum Gasteiger partial charge on any atom is -0.382 e. The van der Waals surface area contributed by atoms with Crippen molar-refractivity contribution >= 4 is 5.57 Å². The van der Waals surface area contributed by atoms with Crippen molar-refractivity contribution in [2.45, 2.75) is 95.9 Å². The Hall–Kier alpha value is -2.78. The van der Waals surface area contributed by atoms with Gasteiger partial charge in [-0.1, -0.05) is 78.8 Å². The zero-order valence-corrected chi connectivity index (χ0v) is 28.6. The van der Waals surface area contributed by atoms with Crippen LogP contribution in [0.3, 0.4) is 0 Å². The van der Waals surface area contributed by atoms with Gasteiger partial charge in [-0.2, -0.15) is 0 Å². The van der Waals surface area contributed by atoms with Crippen LogP contribution < -0.4 is 11.1 Å². The second kappa shape index (κ2) is 14.4. The Bertz CT molecular complexity index is 1430. The first-order valence-electron chi connectivity index (χ1n) is 19.6. The molecule has 0 radical (unpaired) electrons. The van der Waals surface area contributed by atoms with Crippen molar-refractivity contribution in [3.8, 4) is 0 Å². The van der Waals surface area contributed by atoms with Crippen LogP contribution in [0.5, 0.6) is 0 Å². The van der Waals surface area contributed by atoms with Crippen LogP contribution in [-0.4, -0.2) is 17.6 Å². The summed E-state index contributed by atoms with van der Waals surface area (Å²) >= 11 is 0. The average molecular weight is 630 g/mol. The molecular weight excluding hydrogens is 571 g/mol. The van der Waals surface area contributed by atoms with Crippen molar-refractivity contribution in [2.24, 2.45) is 64.9 Å². The summed E-state index contributed by atoms with van der Waals surface area (Å²) in [4.78, 5) is 3.21. The van der Waals surface area contributed by atoms with E-state index in [9.17, 15) is 0 Å². The van der Waals surface area contributed by atoms with Crippen LogP contribution >= 0.6 is 0 Å². The topological polar surface area (TPSA) is 53.8 Å². The summed E-state index contributed by atoms with van der Waals surface area (Å²) in [6.45, 7) is 0.594. The number of H-pyrrole nitrogens is 1. The average Bonchev–Trinajstić information content (AvgIpc) is 3.67. The quantitative estimate of drug-likeness (QED) is 0.251. The van der Waals surface area contributed by atoms with E-state index in [0.29, 0.717) is 42.2 Å². The molecule has 0 aliphatic heterocycles. The Labute approximate surface area is 284 Å². The third-order valence-electron chi connectivity index (χ3n) is 13.9. The van der Waals surface area contributed by atoms with Gasteiger partial charge in [-0.15, -0.1) is 0 Å². The number of allylic oxidation sites excluding steroid dienone is 11. The van der Waals surface area contributed by atoms with E-state index in [1.165, 1.54) is 94.6 Å². The maximum Gasteiger partial charge on any atom is 0.0509 e. The number of hydrogen-bond donors (Lipinski definition) is 3. The van der Waals surface area contributed by atoms with Crippen molar-refractivity contribution < 1.29 is 0 Å². The first-order chi connectivity index (χ1) is 23.2. The van der Waals surface area contributed by atoms with Crippen molar-refractivity contribution in [3.63, 3.8) is 0 Å². The summed E-state index contributed by atoms with van der Waals surface area (Å²) in [6.07, 6.45) is 50.8. The van der Waals surface area contributed by atoms with Gasteiger partial charge < -0.3 is 16.0 Å². The van der Waals surface area contributed by atoms with Crippen LogP contribution in [0.2, 0.25) is 0 Å². The van der Waals surface area contributed by atoms with Gasteiger partial charge in [0.25, 0.3) is 0 Å². The molecule has 7 aliphatic carbocycles. The van der Waals surface area contributed by atoms with Gasteiger partial charge >= 0.3 is 0 Å². The number of nitrogens with two attached hydrogens (primary N) is 1. The number of aromatic amines is 1. The molecule has 47 heavy (non-hydrogen) atoms. The molecule has 3 nitrogen and oxygen atoms in total. The Morgan fingerprint density at radius 3 is 2.66 bits per heavy atom. The maximum absolute atomic E-state index is 6.22. The fourth-order valence-electron chi connectivity index (χ4n) is 11.3. The molecule has 0 spiro atoms. The van der Waals surface area contributed by atoms with Crippen molar-refractivity contribution in [1.82, 2.24) is 10.3 Å². The van der Waals surface area contributed by atoms with E-state index in [1.807, 2.05) is 6.20 Å². The first kappa shape index (κ1) is 31.5. The lowest BCUT2D eigenvalue weighted by molar-refractivity contribution is 0.131. The highest BCUT2D eigenvalue weighted by molar-refractivity contribution is 5.66. The van der Waals surface area contributed by atoms with Gasteiger partial charge in [-0.25, -0.2) is 0 Å². The van der Waals surface area contributed by atoms with E-state index in [0.717, 1.165) is 36.0 Å². The van der Waals surface area contributed by atoms with E-state index >= 15 is 0 Å². The highest BCUT2D eigenvalue weighted by Crippen LogP contribution is 2.51. The van der Waals surface area contributed by atoms with Crippen LogP contribution in [0.25, 0.3) is 5.57 Å². The summed E-state index contributed by atoms with van der Waals surface area (Å²) in [7, 11) is 0. The Kier molecular flexibility index (Phi) is 9.63. The molecule has 0 amide bonds. The predicted molar refractivity (Wildman–Crippen MR) is 197 cm³/mol. The van der Waals surface area contributed by atoms with Crippen molar-refractivity contribution in [1.29, 1.82) is 0 Å². The van der Waals surface area contributed by atoms with Gasteiger partial charge in [0.05, 0.1) is 6.04 Å². The first-order valence-corrected chi connectivity index (χ1v) is 19.6. The Morgan fingerprint density at radius 2 is 1.74 bits per heavy atom. The minimum atomic E-state index is 0.456. The molecule has 2 fully saturated rings. The zero-order chi connectivity index (χ0) is 31.6. The molecule has 7 aliphatic rings. The van der Waals surface area contributed by atoms with Gasteiger partial charge in [0.2, 0.25) is 0 Å². The number of rotatable bonds is 8. The fourth-order valence-corrected chi connectivity index (χ4v) is 11.3.